The molecule has 0 atom stereocenters. The van der Waals surface area contributed by atoms with Crippen molar-refractivity contribution in [2.24, 2.45) is 0 Å². The van der Waals surface area contributed by atoms with Gasteiger partial charge in [-0.05, 0) is 12.5 Å². The second kappa shape index (κ2) is 10.8. The number of halogens is 1. The van der Waals surface area contributed by atoms with Gasteiger partial charge in [0, 0.05) is 50.6 Å². The average Bonchev–Trinajstić information content (AvgIpc) is 2.75. The van der Waals surface area contributed by atoms with Crippen LogP contribution in [0, 0.1) is 0 Å². The lowest BCUT2D eigenvalue weighted by Gasteiger charge is -2.35. The maximum Gasteiger partial charge on any atom is 0.228 e. The zero-order valence-electron chi connectivity index (χ0n) is 18.3. The third kappa shape index (κ3) is 6.24. The first-order valence-electron chi connectivity index (χ1n) is 9.88. The second-order valence-corrected chi connectivity index (χ2v) is 9.10. The Balaban J connectivity index is 0.00000363. The third-order valence-corrected chi connectivity index (χ3v) is 5.79. The Morgan fingerprint density at radius 2 is 1.75 bits per heavy atom. The van der Waals surface area contributed by atoms with Gasteiger partial charge in [-0.15, -0.1) is 12.4 Å². The van der Waals surface area contributed by atoms with Gasteiger partial charge in [0.15, 0.2) is 11.5 Å². The molecule has 1 fully saturated rings. The van der Waals surface area contributed by atoms with Crippen LogP contribution in [0.5, 0.6) is 11.5 Å². The van der Waals surface area contributed by atoms with Gasteiger partial charge in [0.2, 0.25) is 21.9 Å². The van der Waals surface area contributed by atoms with E-state index >= 15 is 0 Å². The van der Waals surface area contributed by atoms with E-state index in [1.807, 2.05) is 4.90 Å². The Labute approximate surface area is 193 Å². The minimum absolute atomic E-state index is 0. The number of hydrogen-bond donors (Lipinski definition) is 2. The van der Waals surface area contributed by atoms with Crippen molar-refractivity contribution in [3.63, 3.8) is 0 Å². The maximum absolute atomic E-state index is 12.4. The zero-order chi connectivity index (χ0) is 22.6. The first-order chi connectivity index (χ1) is 14.7. The summed E-state index contributed by atoms with van der Waals surface area (Å²) in [6, 6.07) is 3.52. The number of benzene rings is 1. The fraction of sp³-hybridized carbons (Fsp3) is 0.526. The lowest BCUT2D eigenvalue weighted by Crippen LogP contribution is -2.49. The van der Waals surface area contributed by atoms with Crippen molar-refractivity contribution >= 4 is 51.0 Å². The molecule has 2 aromatic rings. The Morgan fingerprint density at radius 1 is 1.12 bits per heavy atom. The quantitative estimate of drug-likeness (QED) is 0.512. The van der Waals surface area contributed by atoms with Crippen LogP contribution in [-0.2, 0) is 14.8 Å². The molecule has 0 radical (unpaired) electrons. The number of carbonyl (C=O) groups is 1. The van der Waals surface area contributed by atoms with Gasteiger partial charge in [-0.25, -0.2) is 18.1 Å². The summed E-state index contributed by atoms with van der Waals surface area (Å²) in [4.78, 5) is 25.2. The molecule has 1 aromatic heterocycles. The molecule has 1 aromatic carbocycles. The average molecular weight is 489 g/mol. The molecule has 1 amide bonds. The normalized spacial score (nSPS) is 14.2. The van der Waals surface area contributed by atoms with E-state index in [-0.39, 0.29) is 24.9 Å². The highest BCUT2D eigenvalue weighted by Gasteiger charge is 2.23. The SMILES string of the molecule is COc1cc2nc(N3CCN(C(=O)CCCNS(C)(=O)=O)CC3)nc(N)c2cc1OC.Cl. The lowest BCUT2D eigenvalue weighted by molar-refractivity contribution is -0.131. The van der Waals surface area contributed by atoms with Gasteiger partial charge in [0.25, 0.3) is 0 Å². The molecule has 1 saturated heterocycles. The minimum atomic E-state index is -3.23. The monoisotopic (exact) mass is 488 g/mol. The first-order valence-corrected chi connectivity index (χ1v) is 11.8. The Morgan fingerprint density at radius 3 is 2.34 bits per heavy atom. The van der Waals surface area contributed by atoms with Gasteiger partial charge < -0.3 is 25.0 Å². The van der Waals surface area contributed by atoms with Crippen LogP contribution in [0.25, 0.3) is 10.9 Å². The van der Waals surface area contributed by atoms with Crippen LogP contribution in [0.1, 0.15) is 12.8 Å². The molecule has 13 heteroatoms. The predicted molar refractivity (Wildman–Crippen MR) is 125 cm³/mol. The highest BCUT2D eigenvalue weighted by molar-refractivity contribution is 7.88. The summed E-state index contributed by atoms with van der Waals surface area (Å²) < 4.78 is 35.2. The molecule has 0 saturated carbocycles. The maximum atomic E-state index is 12.4. The van der Waals surface area contributed by atoms with E-state index in [2.05, 4.69) is 14.7 Å². The number of nitrogens with one attached hydrogen (secondary N) is 1. The number of sulfonamides is 1. The van der Waals surface area contributed by atoms with Gasteiger partial charge in [0.05, 0.1) is 26.0 Å². The molecule has 0 spiro atoms. The molecule has 178 valence electrons. The number of anilines is 2. The predicted octanol–water partition coefficient (Wildman–Crippen LogP) is 0.629. The number of aromatic nitrogens is 2. The third-order valence-electron chi connectivity index (χ3n) is 5.07. The number of piperazine rings is 1. The van der Waals surface area contributed by atoms with E-state index in [0.717, 1.165) is 6.26 Å². The lowest BCUT2D eigenvalue weighted by atomic mass is 10.2. The van der Waals surface area contributed by atoms with E-state index in [4.69, 9.17) is 15.2 Å². The van der Waals surface area contributed by atoms with Crippen LogP contribution >= 0.6 is 12.4 Å². The Hall–Kier alpha value is -2.57. The number of methoxy groups -OCH3 is 2. The highest BCUT2D eigenvalue weighted by atomic mass is 35.5. The molecule has 0 unspecified atom stereocenters. The van der Waals surface area contributed by atoms with Crippen LogP contribution in [0.4, 0.5) is 11.8 Å². The fourth-order valence-corrected chi connectivity index (χ4v) is 3.93. The number of hydrogen-bond acceptors (Lipinski definition) is 9. The van der Waals surface area contributed by atoms with Gasteiger partial charge >= 0.3 is 0 Å². The Bertz CT molecular complexity index is 1060. The molecule has 3 N–H and O–H groups in total. The number of nitrogens with two attached hydrogens (primary N) is 1. The van der Waals surface area contributed by atoms with E-state index in [0.29, 0.717) is 73.2 Å². The molecule has 1 aliphatic rings. The van der Waals surface area contributed by atoms with Crippen molar-refractivity contribution in [1.82, 2.24) is 19.6 Å². The summed E-state index contributed by atoms with van der Waals surface area (Å²) in [5, 5.41) is 0.679. The van der Waals surface area contributed by atoms with Gasteiger partial charge in [0.1, 0.15) is 5.82 Å². The van der Waals surface area contributed by atoms with Crippen LogP contribution in [0.3, 0.4) is 0 Å². The molecule has 0 aliphatic carbocycles. The van der Waals surface area contributed by atoms with Crippen molar-refractivity contribution in [3.8, 4) is 11.5 Å². The molecular weight excluding hydrogens is 460 g/mol. The highest BCUT2D eigenvalue weighted by Crippen LogP contribution is 2.34. The summed E-state index contributed by atoms with van der Waals surface area (Å²) >= 11 is 0. The van der Waals surface area contributed by atoms with Crippen LogP contribution < -0.4 is 24.8 Å². The van der Waals surface area contributed by atoms with Gasteiger partial charge in [-0.3, -0.25) is 4.79 Å². The van der Waals surface area contributed by atoms with Crippen molar-refractivity contribution in [2.75, 3.05) is 63.8 Å². The standard InChI is InChI=1S/C19H28N6O5S.ClH/c1-29-15-11-13-14(12-16(15)30-2)22-19(23-18(13)20)25-9-7-24(8-10-25)17(26)5-4-6-21-31(3,27)28;/h11-12,21H,4-10H2,1-3H3,(H2,20,22,23);1H. The van der Waals surface area contributed by atoms with E-state index in [1.54, 1.807) is 31.3 Å². The molecule has 0 bridgehead atoms. The summed E-state index contributed by atoms with van der Waals surface area (Å²) in [5.41, 5.74) is 6.82. The second-order valence-electron chi connectivity index (χ2n) is 7.27. The molecule has 32 heavy (non-hydrogen) atoms. The fourth-order valence-electron chi connectivity index (χ4n) is 3.42. The number of fused-ring (bicyclic) bond motifs is 1. The number of nitrogen functional groups attached to an aromatic ring is 1. The van der Waals surface area contributed by atoms with E-state index < -0.39 is 10.0 Å². The van der Waals surface area contributed by atoms with Crippen molar-refractivity contribution in [1.29, 1.82) is 0 Å². The molecule has 1 aliphatic heterocycles. The number of carbonyl (C=O) groups excluding carboxylic acids is 1. The van der Waals surface area contributed by atoms with Crippen molar-refractivity contribution in [2.45, 2.75) is 12.8 Å². The largest absolute Gasteiger partial charge is 0.493 e. The van der Waals surface area contributed by atoms with E-state index in [1.165, 1.54) is 0 Å². The number of ether oxygens (including phenoxy) is 2. The van der Waals surface area contributed by atoms with Crippen LogP contribution in [0.2, 0.25) is 0 Å². The van der Waals surface area contributed by atoms with Crippen molar-refractivity contribution in [3.05, 3.63) is 12.1 Å². The van der Waals surface area contributed by atoms with E-state index in [9.17, 15) is 13.2 Å². The number of rotatable bonds is 8. The minimum Gasteiger partial charge on any atom is -0.493 e. The summed E-state index contributed by atoms with van der Waals surface area (Å²) in [5.74, 6) is 1.96. The first kappa shape index (κ1) is 25.7. The summed E-state index contributed by atoms with van der Waals surface area (Å²) in [6.07, 6.45) is 1.85. The number of nitrogens with zero attached hydrogens (tertiary/aromatic N) is 4. The van der Waals surface area contributed by atoms with Crippen molar-refractivity contribution < 1.29 is 22.7 Å². The molecule has 3 rings (SSSR count). The molecule has 2 heterocycles. The smallest absolute Gasteiger partial charge is 0.228 e. The molecular formula is C19H29ClN6O5S. The Kier molecular flexibility index (Phi) is 8.70. The summed E-state index contributed by atoms with van der Waals surface area (Å²) in [7, 11) is -0.121. The van der Waals surface area contributed by atoms with Gasteiger partial charge in [-0.2, -0.15) is 4.98 Å². The topological polar surface area (TPSA) is 140 Å². The summed E-state index contributed by atoms with van der Waals surface area (Å²) in [6.45, 7) is 2.47. The van der Waals surface area contributed by atoms with Crippen LogP contribution in [-0.4, -0.2) is 82.4 Å². The number of amides is 1. The molecule has 11 nitrogen and oxygen atoms in total. The van der Waals surface area contributed by atoms with Gasteiger partial charge in [-0.1, -0.05) is 0 Å². The zero-order valence-corrected chi connectivity index (χ0v) is 20.0. The van der Waals surface area contributed by atoms with Crippen LogP contribution in [0.15, 0.2) is 12.1 Å².